The van der Waals surface area contributed by atoms with E-state index in [1.54, 1.807) is 13.3 Å². The summed E-state index contributed by atoms with van der Waals surface area (Å²) < 4.78 is 5.28. The Morgan fingerprint density at radius 3 is 2.41 bits per heavy atom. The van der Waals surface area contributed by atoms with Crippen molar-refractivity contribution < 1.29 is 19.5 Å². The van der Waals surface area contributed by atoms with Crippen LogP contribution in [-0.2, 0) is 29.2 Å². The SMILES string of the molecule is COc1cccc(-c2ccc(CON=CCc3ccc(CNCCC(=O)O)cc3)cc2)c1. The van der Waals surface area contributed by atoms with Crippen molar-refractivity contribution in [3.8, 4) is 16.9 Å². The molecule has 0 spiro atoms. The van der Waals surface area contributed by atoms with Crippen LogP contribution in [0.4, 0.5) is 0 Å². The minimum atomic E-state index is -0.792. The summed E-state index contributed by atoms with van der Waals surface area (Å²) in [5, 5.41) is 15.8. The molecule has 0 amide bonds. The fraction of sp³-hybridized carbons (Fsp3) is 0.231. The smallest absolute Gasteiger partial charge is 0.304 e. The molecular weight excluding hydrogens is 404 g/mol. The maximum atomic E-state index is 10.5. The number of hydrogen-bond donors (Lipinski definition) is 2. The van der Waals surface area contributed by atoms with Gasteiger partial charge >= 0.3 is 5.97 Å². The molecule has 0 fully saturated rings. The van der Waals surface area contributed by atoms with Gasteiger partial charge in [0.1, 0.15) is 12.4 Å². The van der Waals surface area contributed by atoms with Crippen molar-refractivity contribution in [3.05, 3.63) is 89.5 Å². The van der Waals surface area contributed by atoms with Crippen molar-refractivity contribution in [2.75, 3.05) is 13.7 Å². The summed E-state index contributed by atoms with van der Waals surface area (Å²) in [4.78, 5) is 15.9. The van der Waals surface area contributed by atoms with Gasteiger partial charge in [-0.05, 0) is 39.9 Å². The molecule has 0 aliphatic carbocycles. The summed E-state index contributed by atoms with van der Waals surface area (Å²) in [6.45, 7) is 1.53. The Morgan fingerprint density at radius 1 is 0.969 bits per heavy atom. The van der Waals surface area contributed by atoms with E-state index in [2.05, 4.69) is 28.7 Å². The van der Waals surface area contributed by atoms with Gasteiger partial charge in [-0.3, -0.25) is 4.79 Å². The first-order valence-corrected chi connectivity index (χ1v) is 10.5. The molecule has 0 saturated carbocycles. The van der Waals surface area contributed by atoms with Crippen LogP contribution in [-0.4, -0.2) is 30.9 Å². The van der Waals surface area contributed by atoms with Crippen molar-refractivity contribution >= 4 is 12.2 Å². The lowest BCUT2D eigenvalue weighted by Crippen LogP contribution is -2.17. The minimum Gasteiger partial charge on any atom is -0.497 e. The number of carboxylic acid groups (broad SMARTS) is 1. The number of nitrogens with one attached hydrogen (secondary N) is 1. The van der Waals surface area contributed by atoms with Crippen molar-refractivity contribution in [2.24, 2.45) is 5.16 Å². The number of rotatable bonds is 12. The number of hydrogen-bond acceptors (Lipinski definition) is 5. The summed E-state index contributed by atoms with van der Waals surface area (Å²) in [6.07, 6.45) is 2.56. The van der Waals surface area contributed by atoms with Gasteiger partial charge in [0.2, 0.25) is 0 Å². The molecule has 0 bridgehead atoms. The lowest BCUT2D eigenvalue weighted by atomic mass is 10.0. The van der Waals surface area contributed by atoms with Crippen LogP contribution in [0, 0.1) is 0 Å². The molecule has 3 rings (SSSR count). The van der Waals surface area contributed by atoms with Crippen molar-refractivity contribution in [3.63, 3.8) is 0 Å². The molecule has 0 atom stereocenters. The van der Waals surface area contributed by atoms with Crippen LogP contribution in [0.2, 0.25) is 0 Å². The second kappa shape index (κ2) is 12.3. The molecule has 3 aromatic rings. The maximum absolute atomic E-state index is 10.5. The standard InChI is InChI=1S/C26H28N2O4/c1-31-25-4-2-3-24(17-25)23-11-9-22(10-12-23)19-32-28-16-13-20-5-7-21(8-6-20)18-27-15-14-26(29)30/h2-12,16-17,27H,13-15,18-19H2,1H3,(H,29,30). The minimum absolute atomic E-state index is 0.126. The highest BCUT2D eigenvalue weighted by Gasteiger charge is 2.01. The molecule has 0 saturated heterocycles. The lowest BCUT2D eigenvalue weighted by Gasteiger charge is -2.06. The number of benzene rings is 3. The molecule has 6 heteroatoms. The number of oxime groups is 1. The maximum Gasteiger partial charge on any atom is 0.304 e. The van der Waals surface area contributed by atoms with Crippen LogP contribution in [0.25, 0.3) is 11.1 Å². The van der Waals surface area contributed by atoms with Gasteiger partial charge in [-0.15, -0.1) is 0 Å². The summed E-state index contributed by atoms with van der Waals surface area (Å²) in [7, 11) is 1.67. The van der Waals surface area contributed by atoms with Gasteiger partial charge in [-0.1, -0.05) is 65.8 Å². The van der Waals surface area contributed by atoms with Gasteiger partial charge in [0.25, 0.3) is 0 Å². The van der Waals surface area contributed by atoms with Crippen LogP contribution in [0.15, 0.2) is 78.0 Å². The number of carboxylic acids is 1. The molecule has 0 unspecified atom stereocenters. The number of ether oxygens (including phenoxy) is 1. The van der Waals surface area contributed by atoms with E-state index in [1.165, 1.54) is 0 Å². The molecule has 0 aliphatic rings. The first kappa shape index (κ1) is 23.0. The highest BCUT2D eigenvalue weighted by molar-refractivity contribution is 5.67. The Kier molecular flexibility index (Phi) is 8.83. The van der Waals surface area contributed by atoms with E-state index in [4.69, 9.17) is 14.7 Å². The summed E-state index contributed by atoms with van der Waals surface area (Å²) in [5.41, 5.74) is 5.53. The van der Waals surface area contributed by atoms with Gasteiger partial charge in [0.15, 0.2) is 0 Å². The van der Waals surface area contributed by atoms with E-state index in [9.17, 15) is 4.79 Å². The third-order valence-corrected chi connectivity index (χ3v) is 4.93. The fourth-order valence-corrected chi connectivity index (χ4v) is 3.12. The van der Waals surface area contributed by atoms with E-state index in [0.29, 0.717) is 26.1 Å². The van der Waals surface area contributed by atoms with Gasteiger partial charge in [0.05, 0.1) is 13.5 Å². The second-order valence-corrected chi connectivity index (χ2v) is 7.33. The molecule has 32 heavy (non-hydrogen) atoms. The zero-order valence-electron chi connectivity index (χ0n) is 18.2. The molecule has 2 N–H and O–H groups in total. The molecule has 0 aromatic heterocycles. The molecule has 0 heterocycles. The molecule has 166 valence electrons. The third kappa shape index (κ3) is 7.56. The Morgan fingerprint density at radius 2 is 1.69 bits per heavy atom. The predicted octanol–water partition coefficient (Wildman–Crippen LogP) is 4.67. The van der Waals surface area contributed by atoms with Crippen LogP contribution in [0.3, 0.4) is 0 Å². The summed E-state index contributed by atoms with van der Waals surface area (Å²) >= 11 is 0. The van der Waals surface area contributed by atoms with Gasteiger partial charge in [-0.2, -0.15) is 0 Å². The normalized spacial score (nSPS) is 10.9. The summed E-state index contributed by atoms with van der Waals surface area (Å²) in [6, 6.07) is 24.3. The highest BCUT2D eigenvalue weighted by Crippen LogP contribution is 2.24. The zero-order valence-corrected chi connectivity index (χ0v) is 18.2. The third-order valence-electron chi connectivity index (χ3n) is 4.93. The molecule has 0 aliphatic heterocycles. The number of aliphatic carboxylic acids is 1. The Hall–Kier alpha value is -3.64. The van der Waals surface area contributed by atoms with E-state index >= 15 is 0 Å². The first-order chi connectivity index (χ1) is 15.6. The van der Waals surface area contributed by atoms with Gasteiger partial charge in [-0.25, -0.2) is 0 Å². The fourth-order valence-electron chi connectivity index (χ4n) is 3.12. The number of carbonyl (C=O) groups is 1. The van der Waals surface area contributed by atoms with Gasteiger partial charge < -0.3 is 20.0 Å². The van der Waals surface area contributed by atoms with E-state index in [-0.39, 0.29) is 6.42 Å². The van der Waals surface area contributed by atoms with E-state index in [0.717, 1.165) is 33.6 Å². The second-order valence-electron chi connectivity index (χ2n) is 7.33. The number of methoxy groups -OCH3 is 1. The Labute approximate surface area is 188 Å². The summed E-state index contributed by atoms with van der Waals surface area (Å²) in [5.74, 6) is 0.0471. The van der Waals surface area contributed by atoms with E-state index < -0.39 is 5.97 Å². The van der Waals surface area contributed by atoms with Gasteiger partial charge in [0, 0.05) is 25.7 Å². The topological polar surface area (TPSA) is 80.2 Å². The lowest BCUT2D eigenvalue weighted by molar-refractivity contribution is -0.136. The molecule has 6 nitrogen and oxygen atoms in total. The Bertz CT molecular complexity index is 1010. The quantitative estimate of drug-likeness (QED) is 0.247. The van der Waals surface area contributed by atoms with Crippen LogP contribution < -0.4 is 10.1 Å². The Balaban J connectivity index is 1.39. The van der Waals surface area contributed by atoms with Crippen LogP contribution in [0.5, 0.6) is 5.75 Å². The highest BCUT2D eigenvalue weighted by atomic mass is 16.6. The monoisotopic (exact) mass is 432 g/mol. The first-order valence-electron chi connectivity index (χ1n) is 10.5. The number of nitrogens with zero attached hydrogens (tertiary/aromatic N) is 1. The van der Waals surface area contributed by atoms with Crippen LogP contribution >= 0.6 is 0 Å². The largest absolute Gasteiger partial charge is 0.497 e. The average molecular weight is 433 g/mol. The predicted molar refractivity (Wildman–Crippen MR) is 126 cm³/mol. The zero-order chi connectivity index (χ0) is 22.6. The van der Waals surface area contributed by atoms with E-state index in [1.807, 2.05) is 54.6 Å². The molecular formula is C26H28N2O4. The average Bonchev–Trinajstić information content (AvgIpc) is 2.83. The molecule has 3 aromatic carbocycles. The molecule has 0 radical (unpaired) electrons. The van der Waals surface area contributed by atoms with Crippen LogP contribution in [0.1, 0.15) is 23.1 Å². The van der Waals surface area contributed by atoms with Crippen molar-refractivity contribution in [1.82, 2.24) is 5.32 Å². The van der Waals surface area contributed by atoms with Crippen molar-refractivity contribution in [1.29, 1.82) is 0 Å². The van der Waals surface area contributed by atoms with Crippen molar-refractivity contribution in [2.45, 2.75) is 26.0 Å².